The Kier molecular flexibility index (Phi) is 4.03. The monoisotopic (exact) mass is 356 g/mol. The summed E-state index contributed by atoms with van der Waals surface area (Å²) < 4.78 is 1.17. The second kappa shape index (κ2) is 6.15. The molecule has 3 aliphatic rings. The normalized spacial score (nSPS) is 24.6. The molecule has 1 saturated heterocycles. The molecule has 5 rings (SSSR count). The first-order valence-electron chi connectivity index (χ1n) is 8.06. The zero-order valence-electron chi connectivity index (χ0n) is 12.6. The number of hydrogen-bond donors (Lipinski definition) is 1. The van der Waals surface area contributed by atoms with E-state index in [1.54, 1.807) is 0 Å². The van der Waals surface area contributed by atoms with Gasteiger partial charge in [-0.25, -0.2) is 0 Å². The molecule has 2 nitrogen and oxygen atoms in total. The smallest absolute Gasteiger partial charge is 0.0265 e. The molecule has 0 radical (unpaired) electrons. The van der Waals surface area contributed by atoms with Gasteiger partial charge in [-0.2, -0.15) is 0 Å². The fraction of sp³-hybridized carbons (Fsp3) is 0.368. The van der Waals surface area contributed by atoms with Crippen LogP contribution in [0.2, 0.25) is 0 Å². The summed E-state index contributed by atoms with van der Waals surface area (Å²) >= 11 is 3.59. The molecule has 0 aliphatic carbocycles. The van der Waals surface area contributed by atoms with Crippen molar-refractivity contribution < 1.29 is 0 Å². The standard InChI is InChI=1S/C19H21BrN2/c20-17-7-3-4-14(8-17)12-22-13-18-9-15-5-1-2-6-16(15)10-19(22)11-21-18/h1-8,18-19,21H,9-13H2/t18-,19?/m1/s1. The maximum Gasteiger partial charge on any atom is 0.0265 e. The van der Waals surface area contributed by atoms with Crippen LogP contribution in [0.4, 0.5) is 0 Å². The van der Waals surface area contributed by atoms with Crippen molar-refractivity contribution in [2.75, 3.05) is 13.1 Å². The van der Waals surface area contributed by atoms with Crippen LogP contribution in [0, 0.1) is 0 Å². The summed E-state index contributed by atoms with van der Waals surface area (Å²) in [5, 5.41) is 3.74. The van der Waals surface area contributed by atoms with Crippen molar-refractivity contribution in [3.05, 3.63) is 69.7 Å². The molecular weight excluding hydrogens is 336 g/mol. The predicted molar refractivity (Wildman–Crippen MR) is 94.0 cm³/mol. The van der Waals surface area contributed by atoms with Crippen LogP contribution in [-0.2, 0) is 19.4 Å². The minimum Gasteiger partial charge on any atom is -0.311 e. The van der Waals surface area contributed by atoms with Gasteiger partial charge in [0.05, 0.1) is 0 Å². The van der Waals surface area contributed by atoms with Crippen LogP contribution in [0.3, 0.4) is 0 Å². The van der Waals surface area contributed by atoms with Crippen LogP contribution in [-0.4, -0.2) is 30.1 Å². The van der Waals surface area contributed by atoms with Crippen molar-refractivity contribution in [3.8, 4) is 0 Å². The maximum absolute atomic E-state index is 3.74. The molecule has 1 fully saturated rings. The van der Waals surface area contributed by atoms with Gasteiger partial charge in [-0.05, 0) is 41.7 Å². The van der Waals surface area contributed by atoms with Gasteiger partial charge in [0.2, 0.25) is 0 Å². The molecule has 22 heavy (non-hydrogen) atoms. The lowest BCUT2D eigenvalue weighted by molar-refractivity contribution is 0.116. The summed E-state index contributed by atoms with van der Waals surface area (Å²) in [5.41, 5.74) is 4.47. The number of fused-ring (bicyclic) bond motifs is 2. The highest BCUT2D eigenvalue weighted by Gasteiger charge is 2.31. The molecule has 2 aromatic carbocycles. The lowest BCUT2D eigenvalue weighted by Gasteiger charge is -2.43. The topological polar surface area (TPSA) is 15.3 Å². The Hall–Kier alpha value is -1.16. The SMILES string of the molecule is Brc1cccc(CN2C[C@H]3Cc4ccccc4CC2CN3)c1. The maximum atomic E-state index is 3.74. The molecule has 0 aromatic heterocycles. The summed E-state index contributed by atoms with van der Waals surface area (Å²) in [6.45, 7) is 3.29. The Labute approximate surface area is 140 Å². The molecule has 0 saturated carbocycles. The third-order valence-corrected chi connectivity index (χ3v) is 5.42. The summed E-state index contributed by atoms with van der Waals surface area (Å²) in [5.74, 6) is 0. The molecule has 2 atom stereocenters. The van der Waals surface area contributed by atoms with E-state index in [2.05, 4.69) is 74.7 Å². The average Bonchev–Trinajstić information content (AvgIpc) is 2.48. The van der Waals surface area contributed by atoms with E-state index in [4.69, 9.17) is 0 Å². The van der Waals surface area contributed by atoms with Gasteiger partial charge < -0.3 is 5.32 Å². The van der Waals surface area contributed by atoms with Gasteiger partial charge in [0.25, 0.3) is 0 Å². The van der Waals surface area contributed by atoms with E-state index >= 15 is 0 Å². The Morgan fingerprint density at radius 2 is 1.86 bits per heavy atom. The molecular formula is C19H21BrN2. The van der Waals surface area contributed by atoms with Gasteiger partial charge in [-0.1, -0.05) is 52.3 Å². The summed E-state index contributed by atoms with van der Waals surface area (Å²) in [4.78, 5) is 2.67. The summed E-state index contributed by atoms with van der Waals surface area (Å²) in [7, 11) is 0. The van der Waals surface area contributed by atoms with E-state index in [1.165, 1.54) is 21.2 Å². The molecule has 3 heterocycles. The van der Waals surface area contributed by atoms with Crippen LogP contribution < -0.4 is 5.32 Å². The average molecular weight is 357 g/mol. The highest BCUT2D eigenvalue weighted by Crippen LogP contribution is 2.24. The number of rotatable bonds is 2. The molecule has 0 spiro atoms. The van der Waals surface area contributed by atoms with Gasteiger partial charge in [0.1, 0.15) is 0 Å². The van der Waals surface area contributed by atoms with Crippen LogP contribution in [0.1, 0.15) is 16.7 Å². The van der Waals surface area contributed by atoms with E-state index < -0.39 is 0 Å². The zero-order chi connectivity index (χ0) is 14.9. The second-order valence-corrected chi connectivity index (χ2v) is 7.41. The van der Waals surface area contributed by atoms with Crippen LogP contribution >= 0.6 is 15.9 Å². The van der Waals surface area contributed by atoms with Gasteiger partial charge >= 0.3 is 0 Å². The third-order valence-electron chi connectivity index (χ3n) is 4.93. The van der Waals surface area contributed by atoms with E-state index in [9.17, 15) is 0 Å². The molecule has 0 amide bonds. The van der Waals surface area contributed by atoms with Crippen LogP contribution in [0.25, 0.3) is 0 Å². The van der Waals surface area contributed by atoms with Gasteiger partial charge in [-0.3, -0.25) is 4.90 Å². The van der Waals surface area contributed by atoms with Gasteiger partial charge in [0.15, 0.2) is 0 Å². The summed E-state index contributed by atoms with van der Waals surface area (Å²) in [6.07, 6.45) is 2.31. The number of piperazine rings is 1. The quantitative estimate of drug-likeness (QED) is 0.887. The Balaban J connectivity index is 1.58. The number of hydrogen-bond acceptors (Lipinski definition) is 2. The van der Waals surface area contributed by atoms with Crippen molar-refractivity contribution >= 4 is 15.9 Å². The van der Waals surface area contributed by atoms with E-state index in [-0.39, 0.29) is 0 Å². The fourth-order valence-corrected chi connectivity index (χ4v) is 4.25. The molecule has 2 bridgehead atoms. The van der Waals surface area contributed by atoms with E-state index in [1.807, 2.05) is 0 Å². The molecule has 2 aromatic rings. The lowest BCUT2D eigenvalue weighted by Crippen LogP contribution is -2.58. The molecule has 114 valence electrons. The lowest BCUT2D eigenvalue weighted by atomic mass is 9.89. The highest BCUT2D eigenvalue weighted by atomic mass is 79.9. The van der Waals surface area contributed by atoms with Crippen molar-refractivity contribution in [1.29, 1.82) is 0 Å². The number of benzene rings is 2. The van der Waals surface area contributed by atoms with E-state index in [0.29, 0.717) is 12.1 Å². The van der Waals surface area contributed by atoms with E-state index in [0.717, 1.165) is 32.5 Å². The predicted octanol–water partition coefficient (Wildman–Crippen LogP) is 3.39. The summed E-state index contributed by atoms with van der Waals surface area (Å²) in [6, 6.07) is 18.8. The van der Waals surface area contributed by atoms with Crippen LogP contribution in [0.5, 0.6) is 0 Å². The number of halogens is 1. The minimum atomic E-state index is 0.574. The van der Waals surface area contributed by atoms with Crippen LogP contribution in [0.15, 0.2) is 53.0 Å². The minimum absolute atomic E-state index is 0.574. The Bertz CT molecular complexity index is 670. The molecule has 1 N–H and O–H groups in total. The van der Waals surface area contributed by atoms with Crippen molar-refractivity contribution in [2.45, 2.75) is 31.5 Å². The van der Waals surface area contributed by atoms with Crippen molar-refractivity contribution in [1.82, 2.24) is 10.2 Å². The van der Waals surface area contributed by atoms with Gasteiger partial charge in [-0.15, -0.1) is 0 Å². The molecule has 3 heteroatoms. The number of nitrogens with zero attached hydrogens (tertiary/aromatic N) is 1. The first-order chi connectivity index (χ1) is 10.8. The molecule has 1 unspecified atom stereocenters. The second-order valence-electron chi connectivity index (χ2n) is 6.50. The third kappa shape index (κ3) is 2.98. The molecule has 3 aliphatic heterocycles. The zero-order valence-corrected chi connectivity index (χ0v) is 14.2. The highest BCUT2D eigenvalue weighted by molar-refractivity contribution is 9.10. The fourth-order valence-electron chi connectivity index (χ4n) is 3.81. The Morgan fingerprint density at radius 3 is 2.68 bits per heavy atom. The first-order valence-corrected chi connectivity index (χ1v) is 8.86. The van der Waals surface area contributed by atoms with Crippen molar-refractivity contribution in [3.63, 3.8) is 0 Å². The first kappa shape index (κ1) is 14.4. The Morgan fingerprint density at radius 1 is 1.05 bits per heavy atom. The largest absolute Gasteiger partial charge is 0.311 e. The number of nitrogens with one attached hydrogen (secondary N) is 1. The van der Waals surface area contributed by atoms with Crippen molar-refractivity contribution in [2.24, 2.45) is 0 Å². The van der Waals surface area contributed by atoms with Gasteiger partial charge in [0, 0.05) is 36.2 Å².